The van der Waals surface area contributed by atoms with Gasteiger partial charge in [0.1, 0.15) is 11.5 Å². The Labute approximate surface area is 169 Å². The van der Waals surface area contributed by atoms with E-state index in [-0.39, 0.29) is 16.5 Å². The van der Waals surface area contributed by atoms with Crippen molar-refractivity contribution in [3.05, 3.63) is 80.0 Å². The van der Waals surface area contributed by atoms with Crippen LogP contribution in [0.15, 0.2) is 48.2 Å². The van der Waals surface area contributed by atoms with E-state index < -0.39 is 12.2 Å². The lowest BCUT2D eigenvalue weighted by atomic mass is 10.0. The Bertz CT molecular complexity index is 993. The molecule has 2 heterocycles. The molecule has 1 amide bonds. The minimum Gasteiger partial charge on any atom is -0.436 e. The number of carbonyl (C=O) groups excluding carboxylic acids is 2. The molecule has 27 heavy (non-hydrogen) atoms. The zero-order valence-electron chi connectivity index (χ0n) is 14.0. The molecule has 0 spiro atoms. The first-order valence-corrected chi connectivity index (χ1v) is 9.35. The van der Waals surface area contributed by atoms with E-state index in [0.717, 1.165) is 0 Å². The van der Waals surface area contributed by atoms with E-state index in [0.29, 0.717) is 21.0 Å². The maximum Gasteiger partial charge on any atom is 0.407 e. The number of alkyl carbamates (subject to hydrolysis) is 1. The van der Waals surface area contributed by atoms with Crippen molar-refractivity contribution < 1.29 is 14.3 Å². The van der Waals surface area contributed by atoms with Gasteiger partial charge in [-0.2, -0.15) is 0 Å². The van der Waals surface area contributed by atoms with Gasteiger partial charge in [-0.15, -0.1) is 11.3 Å². The molecular formula is C18H13Cl2N3O3S. The van der Waals surface area contributed by atoms with Gasteiger partial charge in [-0.3, -0.25) is 4.79 Å². The van der Waals surface area contributed by atoms with E-state index in [1.807, 2.05) is 0 Å². The van der Waals surface area contributed by atoms with Crippen LogP contribution in [-0.2, 0) is 4.74 Å². The predicted molar refractivity (Wildman–Crippen MR) is 104 cm³/mol. The Morgan fingerprint density at radius 1 is 1.22 bits per heavy atom. The van der Waals surface area contributed by atoms with Crippen LogP contribution in [0, 0.1) is 0 Å². The number of ether oxygens (including phenoxy) is 1. The smallest absolute Gasteiger partial charge is 0.407 e. The van der Waals surface area contributed by atoms with Crippen LogP contribution in [0.1, 0.15) is 32.5 Å². The summed E-state index contributed by atoms with van der Waals surface area (Å²) < 4.78 is 5.49. The highest BCUT2D eigenvalue weighted by Gasteiger charge is 2.23. The van der Waals surface area contributed by atoms with Gasteiger partial charge in [-0.05, 0) is 29.1 Å². The molecule has 3 rings (SSSR count). The monoisotopic (exact) mass is 421 g/mol. The van der Waals surface area contributed by atoms with Crippen molar-refractivity contribution in [2.24, 2.45) is 0 Å². The maximum absolute atomic E-state index is 12.7. The molecule has 0 aliphatic heterocycles. The van der Waals surface area contributed by atoms with Gasteiger partial charge in [0.25, 0.3) is 0 Å². The summed E-state index contributed by atoms with van der Waals surface area (Å²) in [6.45, 7) is 0. The summed E-state index contributed by atoms with van der Waals surface area (Å²) in [5, 5.41) is 4.76. The van der Waals surface area contributed by atoms with Crippen molar-refractivity contribution in [2.45, 2.75) is 6.10 Å². The summed E-state index contributed by atoms with van der Waals surface area (Å²) in [7, 11) is 1.47. The van der Waals surface area contributed by atoms with Gasteiger partial charge in [0.2, 0.25) is 5.78 Å². The fourth-order valence-corrected chi connectivity index (χ4v) is 3.62. The number of ketones is 1. The van der Waals surface area contributed by atoms with Crippen LogP contribution in [0.25, 0.3) is 0 Å². The van der Waals surface area contributed by atoms with Gasteiger partial charge in [-0.1, -0.05) is 35.3 Å². The van der Waals surface area contributed by atoms with Crippen molar-refractivity contribution in [1.29, 1.82) is 0 Å². The first-order valence-electron chi connectivity index (χ1n) is 7.72. The Hall–Kier alpha value is -2.48. The van der Waals surface area contributed by atoms with Gasteiger partial charge >= 0.3 is 6.09 Å². The number of amides is 1. The number of nitrogens with zero attached hydrogens (tertiary/aromatic N) is 2. The molecule has 0 fully saturated rings. The van der Waals surface area contributed by atoms with Crippen molar-refractivity contribution in [1.82, 2.24) is 15.3 Å². The number of hydrogen-bond acceptors (Lipinski definition) is 6. The van der Waals surface area contributed by atoms with Crippen molar-refractivity contribution >= 4 is 46.4 Å². The lowest BCUT2D eigenvalue weighted by molar-refractivity contribution is 0.104. The second kappa shape index (κ2) is 8.47. The first kappa shape index (κ1) is 19.3. The van der Waals surface area contributed by atoms with Crippen LogP contribution >= 0.6 is 34.5 Å². The summed E-state index contributed by atoms with van der Waals surface area (Å²) in [6, 6.07) is 8.64. The first-order chi connectivity index (χ1) is 13.0. The second-order valence-corrected chi connectivity index (χ2v) is 7.10. The summed E-state index contributed by atoms with van der Waals surface area (Å²) in [6.07, 6.45) is 1.32. The molecule has 1 aromatic carbocycles. The molecule has 1 N–H and O–H groups in total. The van der Waals surface area contributed by atoms with E-state index in [1.54, 1.807) is 35.7 Å². The Kier molecular flexibility index (Phi) is 6.05. The normalized spacial score (nSPS) is 11.7. The van der Waals surface area contributed by atoms with Gasteiger partial charge in [-0.25, -0.2) is 14.8 Å². The van der Waals surface area contributed by atoms with Crippen LogP contribution < -0.4 is 5.32 Å². The number of nitrogens with one attached hydrogen (secondary N) is 1. The molecule has 0 bridgehead atoms. The molecule has 9 heteroatoms. The van der Waals surface area contributed by atoms with Crippen LogP contribution in [0.4, 0.5) is 4.79 Å². The molecule has 2 aromatic heterocycles. The van der Waals surface area contributed by atoms with Crippen LogP contribution in [0.3, 0.4) is 0 Å². The molecule has 6 nitrogen and oxygen atoms in total. The predicted octanol–water partition coefficient (Wildman–Crippen LogP) is 4.52. The van der Waals surface area contributed by atoms with Crippen LogP contribution in [0.5, 0.6) is 0 Å². The number of thiophene rings is 1. The standard InChI is InChI=1S/C18H13Cl2N3O3S/c1-21-18(25)26-16(10-3-2-4-12(19)5-10)11-6-14(27-8-11)15(24)13-7-22-9-23-17(13)20/h2-9,16H,1H3,(H,21,25). The minimum atomic E-state index is -0.719. The molecule has 0 saturated heterocycles. The third-order valence-electron chi connectivity index (χ3n) is 3.63. The van der Waals surface area contributed by atoms with E-state index in [2.05, 4.69) is 15.3 Å². The van der Waals surface area contributed by atoms with Crippen LogP contribution in [-0.4, -0.2) is 28.9 Å². The van der Waals surface area contributed by atoms with E-state index in [9.17, 15) is 9.59 Å². The SMILES string of the molecule is CNC(=O)OC(c1cccc(Cl)c1)c1csc(C(=O)c2cncnc2Cl)c1. The number of benzene rings is 1. The highest BCUT2D eigenvalue weighted by molar-refractivity contribution is 7.12. The topological polar surface area (TPSA) is 81.2 Å². The molecule has 0 aliphatic carbocycles. The molecule has 0 saturated carbocycles. The highest BCUT2D eigenvalue weighted by atomic mass is 35.5. The zero-order chi connectivity index (χ0) is 19.4. The van der Waals surface area contributed by atoms with Gasteiger partial charge in [0.15, 0.2) is 6.10 Å². The summed E-state index contributed by atoms with van der Waals surface area (Å²) in [5.41, 5.74) is 1.53. The molecule has 3 aromatic rings. The summed E-state index contributed by atoms with van der Waals surface area (Å²) >= 11 is 13.3. The fourth-order valence-electron chi connectivity index (χ4n) is 2.37. The van der Waals surface area contributed by atoms with Gasteiger partial charge < -0.3 is 10.1 Å². The molecule has 0 radical (unpaired) electrons. The maximum atomic E-state index is 12.7. The van der Waals surface area contributed by atoms with E-state index in [4.69, 9.17) is 27.9 Å². The fraction of sp³-hybridized carbons (Fsp3) is 0.111. The lowest BCUT2D eigenvalue weighted by Crippen LogP contribution is -2.22. The third kappa shape index (κ3) is 4.44. The number of carbonyl (C=O) groups is 2. The molecule has 1 atom stereocenters. The average molecular weight is 422 g/mol. The van der Waals surface area contributed by atoms with Crippen LogP contribution in [0.2, 0.25) is 10.2 Å². The average Bonchev–Trinajstić information content (AvgIpc) is 3.15. The van der Waals surface area contributed by atoms with Crippen molar-refractivity contribution in [3.8, 4) is 0 Å². The molecule has 1 unspecified atom stereocenters. The largest absolute Gasteiger partial charge is 0.436 e. The second-order valence-electron chi connectivity index (χ2n) is 5.39. The summed E-state index contributed by atoms with van der Waals surface area (Å²) in [5.74, 6) is -0.304. The third-order valence-corrected chi connectivity index (χ3v) is 5.12. The lowest BCUT2D eigenvalue weighted by Gasteiger charge is -2.17. The molecular weight excluding hydrogens is 409 g/mol. The molecule has 0 aliphatic rings. The number of hydrogen-bond donors (Lipinski definition) is 1. The Balaban J connectivity index is 1.96. The van der Waals surface area contributed by atoms with Gasteiger partial charge in [0.05, 0.1) is 10.4 Å². The van der Waals surface area contributed by atoms with Crippen molar-refractivity contribution in [2.75, 3.05) is 7.05 Å². The number of halogens is 2. The summed E-state index contributed by atoms with van der Waals surface area (Å²) in [4.78, 5) is 32.6. The number of rotatable bonds is 5. The zero-order valence-corrected chi connectivity index (χ0v) is 16.3. The van der Waals surface area contributed by atoms with Crippen molar-refractivity contribution in [3.63, 3.8) is 0 Å². The van der Waals surface area contributed by atoms with E-state index >= 15 is 0 Å². The minimum absolute atomic E-state index is 0.0814. The molecule has 138 valence electrons. The van der Waals surface area contributed by atoms with E-state index in [1.165, 1.54) is 30.9 Å². The quantitative estimate of drug-likeness (QED) is 0.483. The Morgan fingerprint density at radius 2 is 2.04 bits per heavy atom. The Morgan fingerprint density at radius 3 is 2.74 bits per heavy atom. The highest BCUT2D eigenvalue weighted by Crippen LogP contribution is 2.32. The van der Waals surface area contributed by atoms with Gasteiger partial charge in [0, 0.05) is 23.8 Å². The number of aromatic nitrogens is 2.